The van der Waals surface area contributed by atoms with Gasteiger partial charge in [-0.2, -0.15) is 0 Å². The Morgan fingerprint density at radius 3 is 2.23 bits per heavy atom. The highest BCUT2D eigenvalue weighted by Gasteiger charge is 2.09. The maximum absolute atomic E-state index is 11.2. The molecule has 0 fully saturated rings. The van der Waals surface area contributed by atoms with Crippen LogP contribution in [0.15, 0.2) is 53.4 Å². The lowest BCUT2D eigenvalue weighted by Gasteiger charge is -2.09. The van der Waals surface area contributed by atoms with E-state index in [1.807, 2.05) is 24.3 Å². The summed E-state index contributed by atoms with van der Waals surface area (Å²) in [4.78, 5) is 0.0464. The second kappa shape index (κ2) is 5.53. The normalized spacial score (nSPS) is 11.5. The van der Waals surface area contributed by atoms with Gasteiger partial charge in [-0.15, -0.1) is 10.2 Å². The fourth-order valence-corrected chi connectivity index (χ4v) is 2.75. The van der Waals surface area contributed by atoms with Gasteiger partial charge in [-0.25, -0.2) is 13.6 Å². The third-order valence-corrected chi connectivity index (χ3v) is 4.30. The van der Waals surface area contributed by atoms with Gasteiger partial charge in [-0.3, -0.25) is 0 Å². The van der Waals surface area contributed by atoms with E-state index in [0.717, 1.165) is 10.8 Å². The van der Waals surface area contributed by atoms with Crippen molar-refractivity contribution in [3.63, 3.8) is 0 Å². The van der Waals surface area contributed by atoms with E-state index in [2.05, 4.69) is 15.5 Å². The van der Waals surface area contributed by atoms with Gasteiger partial charge in [-0.05, 0) is 24.3 Å². The smallest absolute Gasteiger partial charge is 0.238 e. The van der Waals surface area contributed by atoms with E-state index in [4.69, 9.17) is 16.7 Å². The third-order valence-electron chi connectivity index (χ3n) is 3.09. The maximum Gasteiger partial charge on any atom is 0.238 e. The first-order chi connectivity index (χ1) is 10.4. The number of primary sulfonamides is 1. The van der Waals surface area contributed by atoms with Crippen molar-refractivity contribution >= 4 is 43.9 Å². The Balaban J connectivity index is 1.99. The van der Waals surface area contributed by atoms with Gasteiger partial charge in [-0.1, -0.05) is 35.9 Å². The molecule has 0 bridgehead atoms. The zero-order valence-corrected chi connectivity index (χ0v) is 12.8. The Morgan fingerprint density at radius 1 is 0.955 bits per heavy atom. The Bertz CT molecular complexity index is 943. The van der Waals surface area contributed by atoms with Gasteiger partial charge < -0.3 is 5.32 Å². The van der Waals surface area contributed by atoms with Crippen LogP contribution in [0.4, 0.5) is 11.5 Å². The second-order valence-electron chi connectivity index (χ2n) is 4.58. The minimum atomic E-state index is -3.71. The number of benzene rings is 2. The number of rotatable bonds is 3. The molecular weight excluding hydrogens is 324 g/mol. The van der Waals surface area contributed by atoms with E-state index in [1.54, 1.807) is 12.1 Å². The Labute approximate surface area is 132 Å². The van der Waals surface area contributed by atoms with Gasteiger partial charge in [0.2, 0.25) is 10.0 Å². The first-order valence-electron chi connectivity index (χ1n) is 6.26. The summed E-state index contributed by atoms with van der Waals surface area (Å²) in [6.45, 7) is 0. The van der Waals surface area contributed by atoms with Gasteiger partial charge in [0.05, 0.1) is 4.90 Å². The number of aromatic nitrogens is 2. The van der Waals surface area contributed by atoms with E-state index in [-0.39, 0.29) is 4.90 Å². The molecule has 1 heterocycles. The predicted molar refractivity (Wildman–Crippen MR) is 85.6 cm³/mol. The lowest BCUT2D eigenvalue weighted by Crippen LogP contribution is -2.11. The van der Waals surface area contributed by atoms with Crippen molar-refractivity contribution in [1.82, 2.24) is 10.2 Å². The number of halogens is 1. The average molecular weight is 335 g/mol. The number of nitrogens with one attached hydrogen (secondary N) is 1. The summed E-state index contributed by atoms with van der Waals surface area (Å²) in [7, 11) is -3.71. The molecule has 3 aromatic rings. The van der Waals surface area contributed by atoms with Crippen molar-refractivity contribution in [2.24, 2.45) is 5.14 Å². The zero-order valence-electron chi connectivity index (χ0n) is 11.2. The molecule has 0 atom stereocenters. The topological polar surface area (TPSA) is 98.0 Å². The second-order valence-corrected chi connectivity index (χ2v) is 6.50. The van der Waals surface area contributed by atoms with Crippen LogP contribution in [0.1, 0.15) is 0 Å². The molecule has 3 N–H and O–H groups in total. The van der Waals surface area contributed by atoms with E-state index < -0.39 is 10.0 Å². The van der Waals surface area contributed by atoms with Crippen LogP contribution in [0.2, 0.25) is 5.15 Å². The highest BCUT2D eigenvalue weighted by molar-refractivity contribution is 7.89. The van der Waals surface area contributed by atoms with E-state index in [1.165, 1.54) is 12.1 Å². The lowest BCUT2D eigenvalue weighted by atomic mass is 10.2. The zero-order chi connectivity index (χ0) is 15.7. The van der Waals surface area contributed by atoms with Crippen molar-refractivity contribution in [2.45, 2.75) is 4.90 Å². The number of nitrogens with zero attached hydrogens (tertiary/aromatic N) is 2. The fourth-order valence-electron chi connectivity index (χ4n) is 2.03. The summed E-state index contributed by atoms with van der Waals surface area (Å²) >= 11 is 6.02. The average Bonchev–Trinajstić information content (AvgIpc) is 2.50. The fraction of sp³-hybridized carbons (Fsp3) is 0. The molecule has 8 heteroatoms. The van der Waals surface area contributed by atoms with Crippen molar-refractivity contribution < 1.29 is 8.42 Å². The Kier molecular flexibility index (Phi) is 3.69. The Hall–Kier alpha value is -2.22. The number of nitrogens with two attached hydrogens (primary N) is 1. The molecule has 0 amide bonds. The molecule has 0 aliphatic rings. The summed E-state index contributed by atoms with van der Waals surface area (Å²) in [5.41, 5.74) is 0.661. The third kappa shape index (κ3) is 2.87. The summed E-state index contributed by atoms with van der Waals surface area (Å²) < 4.78 is 22.5. The largest absolute Gasteiger partial charge is 0.338 e. The van der Waals surface area contributed by atoms with Gasteiger partial charge in [0.15, 0.2) is 11.0 Å². The quantitative estimate of drug-likeness (QED) is 0.767. The molecule has 0 saturated heterocycles. The first kappa shape index (κ1) is 14.7. The van der Waals surface area contributed by atoms with Crippen LogP contribution in [0.25, 0.3) is 10.8 Å². The summed E-state index contributed by atoms with van der Waals surface area (Å²) in [5, 5.41) is 18.0. The Morgan fingerprint density at radius 2 is 1.59 bits per heavy atom. The highest BCUT2D eigenvalue weighted by atomic mass is 35.5. The maximum atomic E-state index is 11.2. The van der Waals surface area contributed by atoms with E-state index in [9.17, 15) is 8.42 Å². The molecule has 112 valence electrons. The van der Waals surface area contributed by atoms with Crippen LogP contribution in [0, 0.1) is 0 Å². The van der Waals surface area contributed by atoms with Crippen molar-refractivity contribution in [2.75, 3.05) is 5.32 Å². The molecule has 0 aliphatic heterocycles. The van der Waals surface area contributed by atoms with Gasteiger partial charge >= 0.3 is 0 Å². The number of hydrogen-bond donors (Lipinski definition) is 2. The predicted octanol–water partition coefficient (Wildman–Crippen LogP) is 2.67. The molecule has 3 rings (SSSR count). The molecule has 1 aromatic heterocycles. The van der Waals surface area contributed by atoms with Crippen molar-refractivity contribution in [3.8, 4) is 0 Å². The first-order valence-corrected chi connectivity index (χ1v) is 8.18. The summed E-state index contributed by atoms with van der Waals surface area (Å²) in [6, 6.07) is 13.5. The number of fused-ring (bicyclic) bond motifs is 1. The number of anilines is 2. The molecule has 0 spiro atoms. The summed E-state index contributed by atoms with van der Waals surface area (Å²) in [6.07, 6.45) is 0. The van der Waals surface area contributed by atoms with Gasteiger partial charge in [0, 0.05) is 16.5 Å². The van der Waals surface area contributed by atoms with E-state index >= 15 is 0 Å². The standard InChI is InChI=1S/C14H11ClN4O2S/c15-13-11-3-1-2-4-12(11)14(19-18-13)17-9-5-7-10(8-6-9)22(16,20)21/h1-8H,(H,17,19)(H2,16,20,21). The van der Waals surface area contributed by atoms with Crippen LogP contribution in [-0.2, 0) is 10.0 Å². The molecule has 6 nitrogen and oxygen atoms in total. The van der Waals surface area contributed by atoms with Gasteiger partial charge in [0.25, 0.3) is 0 Å². The molecule has 0 unspecified atom stereocenters. The molecule has 22 heavy (non-hydrogen) atoms. The lowest BCUT2D eigenvalue weighted by molar-refractivity contribution is 0.598. The molecular formula is C14H11ClN4O2S. The minimum absolute atomic E-state index is 0.0464. The SMILES string of the molecule is NS(=O)(=O)c1ccc(Nc2nnc(Cl)c3ccccc23)cc1. The van der Waals surface area contributed by atoms with Gasteiger partial charge in [0.1, 0.15) is 0 Å². The minimum Gasteiger partial charge on any atom is -0.338 e. The highest BCUT2D eigenvalue weighted by Crippen LogP contribution is 2.27. The monoisotopic (exact) mass is 334 g/mol. The molecule has 0 radical (unpaired) electrons. The van der Waals surface area contributed by atoms with Crippen LogP contribution in [0.5, 0.6) is 0 Å². The molecule has 2 aromatic carbocycles. The van der Waals surface area contributed by atoms with Crippen LogP contribution in [-0.4, -0.2) is 18.6 Å². The van der Waals surface area contributed by atoms with Crippen LogP contribution >= 0.6 is 11.6 Å². The van der Waals surface area contributed by atoms with Crippen LogP contribution < -0.4 is 10.5 Å². The van der Waals surface area contributed by atoms with Crippen molar-refractivity contribution in [1.29, 1.82) is 0 Å². The molecule has 0 aliphatic carbocycles. The summed E-state index contributed by atoms with van der Waals surface area (Å²) in [5.74, 6) is 0.531. The number of hydrogen-bond acceptors (Lipinski definition) is 5. The van der Waals surface area contributed by atoms with E-state index in [0.29, 0.717) is 16.7 Å². The van der Waals surface area contributed by atoms with Crippen molar-refractivity contribution in [3.05, 3.63) is 53.7 Å². The molecule has 0 saturated carbocycles. The van der Waals surface area contributed by atoms with Crippen LogP contribution in [0.3, 0.4) is 0 Å². The number of sulfonamides is 1.